The maximum atomic E-state index is 13.6. The van der Waals surface area contributed by atoms with E-state index >= 15 is 0 Å². The van der Waals surface area contributed by atoms with Crippen molar-refractivity contribution in [3.8, 4) is 0 Å². The third-order valence-electron chi connectivity index (χ3n) is 13.4. The molecule has 0 saturated carbocycles. The Hall–Kier alpha value is -3.59. The minimum Gasteiger partial charge on any atom is -0.456 e. The van der Waals surface area contributed by atoms with E-state index in [2.05, 4.69) is 135 Å². The van der Waals surface area contributed by atoms with E-state index in [1.165, 1.54) is 96.3 Å². The molecule has 0 aromatic heterocycles. The van der Waals surface area contributed by atoms with E-state index in [1.54, 1.807) is 0 Å². The molecule has 452 valence electrons. The highest BCUT2D eigenvalue weighted by molar-refractivity contribution is 7.47. The summed E-state index contributed by atoms with van der Waals surface area (Å²) < 4.78 is 30.7. The molecule has 3 unspecified atom stereocenters. The summed E-state index contributed by atoms with van der Waals surface area (Å²) in [4.78, 5) is 37.7. The SMILES string of the molecule is CC/C=C\C/C=C\C/C=C\C/C=C\C/C=C\C/C=C\CCCCC(=O)OC(/C=C/CCCCCCCCCCC)C(COP(=O)(O)OCC[N+](C)(C)C)NC(=O)CCCCCCCCCC/C=C\C/C=C\C/C=C\CCCCC. The molecule has 0 aromatic rings. The van der Waals surface area contributed by atoms with Gasteiger partial charge in [0.05, 0.1) is 33.8 Å². The van der Waals surface area contributed by atoms with Gasteiger partial charge in [-0.1, -0.05) is 239 Å². The van der Waals surface area contributed by atoms with Gasteiger partial charge >= 0.3 is 13.8 Å². The highest BCUT2D eigenvalue weighted by atomic mass is 31.2. The predicted octanol–water partition coefficient (Wildman–Crippen LogP) is 19.9. The fourth-order valence-electron chi connectivity index (χ4n) is 8.48. The minimum atomic E-state index is -4.47. The third-order valence-corrected chi connectivity index (χ3v) is 14.4. The number of nitrogens with one attached hydrogen (secondary N) is 1. The molecular formula is C69H120N2O7P+. The molecule has 9 nitrogen and oxygen atoms in total. The van der Waals surface area contributed by atoms with Gasteiger partial charge in [-0.25, -0.2) is 4.57 Å². The average molecular weight is 1120 g/mol. The minimum absolute atomic E-state index is 0.0250. The van der Waals surface area contributed by atoms with Crippen LogP contribution in [0.15, 0.2) is 122 Å². The molecule has 0 radical (unpaired) electrons. The summed E-state index contributed by atoms with van der Waals surface area (Å²) in [5.74, 6) is -0.572. The quantitative estimate of drug-likeness (QED) is 0.0205. The van der Waals surface area contributed by atoms with Crippen LogP contribution in [0.25, 0.3) is 0 Å². The summed E-state index contributed by atoms with van der Waals surface area (Å²) in [5, 5.41) is 3.04. The second-order valence-electron chi connectivity index (χ2n) is 22.2. The first-order valence-electron chi connectivity index (χ1n) is 31.9. The van der Waals surface area contributed by atoms with E-state index in [0.29, 0.717) is 23.9 Å². The van der Waals surface area contributed by atoms with Crippen LogP contribution in [0.2, 0.25) is 0 Å². The van der Waals surface area contributed by atoms with Gasteiger partial charge in [0.2, 0.25) is 5.91 Å². The van der Waals surface area contributed by atoms with Gasteiger partial charge in [0.1, 0.15) is 19.3 Å². The van der Waals surface area contributed by atoms with E-state index in [0.717, 1.165) is 116 Å². The monoisotopic (exact) mass is 1120 g/mol. The number of hydrogen-bond acceptors (Lipinski definition) is 6. The van der Waals surface area contributed by atoms with Crippen molar-refractivity contribution in [2.45, 2.75) is 264 Å². The van der Waals surface area contributed by atoms with Crippen LogP contribution in [-0.2, 0) is 27.9 Å². The van der Waals surface area contributed by atoms with Crippen molar-refractivity contribution in [1.29, 1.82) is 0 Å². The summed E-state index contributed by atoms with van der Waals surface area (Å²) in [6.45, 7) is 6.82. The molecule has 0 aromatic carbocycles. The highest BCUT2D eigenvalue weighted by Crippen LogP contribution is 2.43. The lowest BCUT2D eigenvalue weighted by Gasteiger charge is -2.27. The number of unbranched alkanes of at least 4 members (excludes halogenated alkanes) is 22. The van der Waals surface area contributed by atoms with Gasteiger partial charge in [0, 0.05) is 12.8 Å². The van der Waals surface area contributed by atoms with Crippen LogP contribution in [0.4, 0.5) is 0 Å². The van der Waals surface area contributed by atoms with Crippen LogP contribution in [-0.4, -0.2) is 74.3 Å². The zero-order valence-corrected chi connectivity index (χ0v) is 52.5. The van der Waals surface area contributed by atoms with E-state index in [9.17, 15) is 19.0 Å². The Balaban J connectivity index is 5.29. The maximum absolute atomic E-state index is 13.6. The van der Waals surface area contributed by atoms with Gasteiger partial charge < -0.3 is 19.4 Å². The summed E-state index contributed by atoms with van der Waals surface area (Å²) >= 11 is 0. The first-order chi connectivity index (χ1) is 38.4. The largest absolute Gasteiger partial charge is 0.472 e. The second kappa shape index (κ2) is 57.6. The van der Waals surface area contributed by atoms with Crippen molar-refractivity contribution in [3.63, 3.8) is 0 Å². The predicted molar refractivity (Wildman–Crippen MR) is 341 cm³/mol. The van der Waals surface area contributed by atoms with E-state index in [1.807, 2.05) is 33.3 Å². The molecule has 3 atom stereocenters. The van der Waals surface area contributed by atoms with Crippen LogP contribution < -0.4 is 5.32 Å². The van der Waals surface area contributed by atoms with Gasteiger partial charge in [-0.2, -0.15) is 0 Å². The van der Waals surface area contributed by atoms with Crippen molar-refractivity contribution < 1.29 is 37.3 Å². The Bertz CT molecular complexity index is 1770. The summed E-state index contributed by atoms with van der Waals surface area (Å²) in [6, 6.07) is -0.879. The number of ether oxygens (including phenoxy) is 1. The fourth-order valence-corrected chi connectivity index (χ4v) is 9.21. The highest BCUT2D eigenvalue weighted by Gasteiger charge is 2.30. The Morgan fingerprint density at radius 1 is 0.456 bits per heavy atom. The fraction of sp³-hybridized carbons (Fsp3) is 0.681. The molecule has 79 heavy (non-hydrogen) atoms. The molecular weight excluding hydrogens is 1000 g/mol. The van der Waals surface area contributed by atoms with Crippen LogP contribution >= 0.6 is 7.82 Å². The molecule has 10 heteroatoms. The first kappa shape index (κ1) is 75.4. The lowest BCUT2D eigenvalue weighted by Crippen LogP contribution is -2.47. The number of carbonyl (C=O) groups is 2. The smallest absolute Gasteiger partial charge is 0.456 e. The Morgan fingerprint density at radius 3 is 1.25 bits per heavy atom. The third kappa shape index (κ3) is 58.9. The molecule has 0 aliphatic carbocycles. The molecule has 0 saturated heterocycles. The number of likely N-dealkylation sites (N-methyl/N-ethyl adjacent to an activating group) is 1. The summed E-state index contributed by atoms with van der Waals surface area (Å²) in [7, 11) is 1.45. The zero-order valence-electron chi connectivity index (χ0n) is 51.6. The number of amides is 1. The van der Waals surface area contributed by atoms with Crippen LogP contribution in [0.1, 0.15) is 252 Å². The molecule has 1 amide bonds. The van der Waals surface area contributed by atoms with E-state index < -0.39 is 20.0 Å². The molecule has 0 rings (SSSR count). The van der Waals surface area contributed by atoms with Gasteiger partial charge in [-0.05, 0) is 122 Å². The lowest BCUT2D eigenvalue weighted by molar-refractivity contribution is -0.870. The Morgan fingerprint density at radius 2 is 0.810 bits per heavy atom. The Kier molecular flexibility index (Phi) is 55.0. The number of allylic oxidation sites excluding steroid dienone is 19. The van der Waals surface area contributed by atoms with Crippen molar-refractivity contribution in [2.24, 2.45) is 0 Å². The number of hydrogen-bond donors (Lipinski definition) is 2. The number of carbonyl (C=O) groups excluding carboxylic acids is 2. The molecule has 2 N–H and O–H groups in total. The zero-order chi connectivity index (χ0) is 57.9. The van der Waals surface area contributed by atoms with Crippen molar-refractivity contribution in [1.82, 2.24) is 5.32 Å². The van der Waals surface area contributed by atoms with Crippen LogP contribution in [0.3, 0.4) is 0 Å². The first-order valence-corrected chi connectivity index (χ1v) is 33.4. The number of rotatable bonds is 56. The number of quaternary nitrogens is 1. The van der Waals surface area contributed by atoms with Crippen LogP contribution in [0.5, 0.6) is 0 Å². The van der Waals surface area contributed by atoms with E-state index in [4.69, 9.17) is 13.8 Å². The van der Waals surface area contributed by atoms with Crippen molar-refractivity contribution in [3.05, 3.63) is 122 Å². The molecule has 0 heterocycles. The average Bonchev–Trinajstić information content (AvgIpc) is 3.41. The summed E-state index contributed by atoms with van der Waals surface area (Å²) in [6.07, 6.45) is 80.6. The number of phosphoric ester groups is 1. The normalized spacial score (nSPS) is 14.5. The summed E-state index contributed by atoms with van der Waals surface area (Å²) in [5.41, 5.74) is 0. The van der Waals surface area contributed by atoms with Gasteiger partial charge in [0.25, 0.3) is 0 Å². The van der Waals surface area contributed by atoms with Crippen LogP contribution in [0, 0.1) is 0 Å². The van der Waals surface area contributed by atoms with Crippen molar-refractivity contribution in [2.75, 3.05) is 40.9 Å². The van der Waals surface area contributed by atoms with Gasteiger partial charge in [-0.15, -0.1) is 0 Å². The number of esters is 1. The van der Waals surface area contributed by atoms with E-state index in [-0.39, 0.29) is 31.5 Å². The lowest BCUT2D eigenvalue weighted by atomic mass is 10.0. The molecule has 0 bridgehead atoms. The topological polar surface area (TPSA) is 111 Å². The maximum Gasteiger partial charge on any atom is 0.472 e. The van der Waals surface area contributed by atoms with Gasteiger partial charge in [0.15, 0.2) is 0 Å². The standard InChI is InChI=1S/C69H119N2O7P/c1-7-10-13-16-19-22-25-27-29-31-33-35-37-39-41-43-46-49-52-55-58-61-68(72)70-66(65-77-79(74,75)76-64-63-71(4,5)6)67(60-57-54-51-48-45-24-21-18-15-12-9-3)78-69(73)62-59-56-53-50-47-44-42-40-38-36-34-32-30-28-26-23-20-17-14-11-8-2/h11,14,19-20,22-23,27-30,33-36,40,42,47,50,57,60,66-67H,7-10,12-13,15-18,21,24-26,31-32,37-39,41,43-46,48-49,51-56,58-59,61-65H2,1-6H3,(H-,70,72,74,75)/p+1/b14-11-,22-19-,23-20-,29-27-,30-28-,35-33-,36-34-,42-40-,50-47-,60-57+. The molecule has 0 spiro atoms. The molecule has 0 aliphatic heterocycles. The Labute approximate surface area is 486 Å². The van der Waals surface area contributed by atoms with Crippen molar-refractivity contribution >= 4 is 19.7 Å². The number of nitrogens with zero attached hydrogens (tertiary/aromatic N) is 1. The van der Waals surface area contributed by atoms with Gasteiger partial charge in [-0.3, -0.25) is 18.6 Å². The molecule has 0 fully saturated rings. The number of phosphoric acid groups is 1. The second-order valence-corrected chi connectivity index (χ2v) is 23.6. The molecule has 0 aliphatic rings.